The van der Waals surface area contributed by atoms with Gasteiger partial charge >= 0.3 is 6.18 Å². The average molecular weight is 398 g/mol. The molecule has 2 aromatic rings. The van der Waals surface area contributed by atoms with Gasteiger partial charge in [-0.2, -0.15) is 13.2 Å². The first kappa shape index (κ1) is 18.5. The fraction of sp³-hybridized carbons (Fsp3) is 0.111. The van der Waals surface area contributed by atoms with Crippen molar-refractivity contribution in [3.8, 4) is 0 Å². The fourth-order valence-corrected chi connectivity index (χ4v) is 3.48. The third kappa shape index (κ3) is 3.78. The van der Waals surface area contributed by atoms with Crippen molar-refractivity contribution >= 4 is 40.6 Å². The van der Waals surface area contributed by atoms with E-state index in [9.17, 15) is 22.8 Å². The van der Waals surface area contributed by atoms with Gasteiger partial charge in [0.05, 0.1) is 17.0 Å². The van der Waals surface area contributed by atoms with Gasteiger partial charge in [0.15, 0.2) is 0 Å². The molecule has 0 bridgehead atoms. The summed E-state index contributed by atoms with van der Waals surface area (Å²) in [5, 5.41) is -0.149. The van der Waals surface area contributed by atoms with Crippen LogP contribution in [0.15, 0.2) is 53.4 Å². The van der Waals surface area contributed by atoms with Crippen LogP contribution in [0.25, 0.3) is 6.08 Å². The van der Waals surface area contributed by atoms with E-state index < -0.39 is 22.9 Å². The molecule has 2 amide bonds. The molecule has 26 heavy (non-hydrogen) atoms. The van der Waals surface area contributed by atoms with Crippen LogP contribution in [0.3, 0.4) is 0 Å². The third-order valence-corrected chi connectivity index (χ3v) is 4.99. The highest BCUT2D eigenvalue weighted by Gasteiger charge is 2.37. The van der Waals surface area contributed by atoms with Gasteiger partial charge in [0.2, 0.25) is 0 Å². The van der Waals surface area contributed by atoms with Crippen molar-refractivity contribution in [2.24, 2.45) is 0 Å². The van der Waals surface area contributed by atoms with Crippen molar-refractivity contribution in [2.75, 3.05) is 0 Å². The predicted molar refractivity (Wildman–Crippen MR) is 94.4 cm³/mol. The first-order valence-corrected chi connectivity index (χ1v) is 8.62. The molecule has 8 heteroatoms. The quantitative estimate of drug-likeness (QED) is 0.633. The lowest BCUT2D eigenvalue weighted by atomic mass is 10.1. The number of alkyl halides is 3. The highest BCUT2D eigenvalue weighted by molar-refractivity contribution is 8.18. The van der Waals surface area contributed by atoms with Crippen LogP contribution in [0, 0.1) is 0 Å². The molecule has 1 aliphatic rings. The number of benzene rings is 2. The number of imide groups is 1. The van der Waals surface area contributed by atoms with Crippen LogP contribution in [-0.4, -0.2) is 16.0 Å². The molecule has 1 fully saturated rings. The number of rotatable bonds is 3. The van der Waals surface area contributed by atoms with E-state index >= 15 is 0 Å². The molecule has 0 atom stereocenters. The Balaban J connectivity index is 1.90. The smallest absolute Gasteiger partial charge is 0.268 e. The molecule has 3 nitrogen and oxygen atoms in total. The largest absolute Gasteiger partial charge is 0.416 e. The summed E-state index contributed by atoms with van der Waals surface area (Å²) in [6, 6.07) is 11.6. The number of hydrogen-bond acceptors (Lipinski definition) is 3. The molecule has 134 valence electrons. The highest BCUT2D eigenvalue weighted by atomic mass is 35.5. The molecule has 0 aliphatic carbocycles. The van der Waals surface area contributed by atoms with Crippen LogP contribution < -0.4 is 0 Å². The summed E-state index contributed by atoms with van der Waals surface area (Å²) in [5.41, 5.74) is -0.449. The van der Waals surface area contributed by atoms with E-state index in [2.05, 4.69) is 0 Å². The zero-order valence-electron chi connectivity index (χ0n) is 13.1. The summed E-state index contributed by atoms with van der Waals surface area (Å²) in [7, 11) is 0. The Morgan fingerprint density at radius 2 is 1.69 bits per heavy atom. The summed E-state index contributed by atoms with van der Waals surface area (Å²) in [5.74, 6) is -0.642. The van der Waals surface area contributed by atoms with Crippen LogP contribution in [0.2, 0.25) is 5.02 Å². The molecule has 1 aliphatic heterocycles. The summed E-state index contributed by atoms with van der Waals surface area (Å²) >= 11 is 6.65. The van der Waals surface area contributed by atoms with Gasteiger partial charge in [0.25, 0.3) is 11.1 Å². The van der Waals surface area contributed by atoms with Gasteiger partial charge < -0.3 is 0 Å². The molecular weight excluding hydrogens is 387 g/mol. The lowest BCUT2D eigenvalue weighted by molar-refractivity contribution is -0.137. The Kier molecular flexibility index (Phi) is 5.11. The monoisotopic (exact) mass is 397 g/mol. The van der Waals surface area contributed by atoms with Crippen molar-refractivity contribution in [1.82, 2.24) is 4.90 Å². The molecule has 0 unspecified atom stereocenters. The zero-order valence-corrected chi connectivity index (χ0v) is 14.7. The number of hydrogen-bond donors (Lipinski definition) is 0. The van der Waals surface area contributed by atoms with Crippen LogP contribution in [-0.2, 0) is 17.5 Å². The van der Waals surface area contributed by atoms with Gasteiger partial charge in [-0.25, -0.2) is 0 Å². The maximum atomic E-state index is 13.1. The van der Waals surface area contributed by atoms with E-state index in [1.807, 2.05) is 0 Å². The van der Waals surface area contributed by atoms with Crippen molar-refractivity contribution in [1.29, 1.82) is 0 Å². The molecule has 3 rings (SSSR count). The van der Waals surface area contributed by atoms with Crippen molar-refractivity contribution in [3.05, 3.63) is 75.1 Å². The summed E-state index contributed by atoms with van der Waals surface area (Å²) in [4.78, 5) is 25.5. The Labute approximate surface area is 156 Å². The fourth-order valence-electron chi connectivity index (χ4n) is 2.46. The Morgan fingerprint density at radius 3 is 2.38 bits per heavy atom. The topological polar surface area (TPSA) is 37.4 Å². The van der Waals surface area contributed by atoms with Crippen LogP contribution in [0.5, 0.6) is 0 Å². The van der Waals surface area contributed by atoms with Gasteiger partial charge in [-0.1, -0.05) is 48.0 Å². The second kappa shape index (κ2) is 7.17. The van der Waals surface area contributed by atoms with Crippen molar-refractivity contribution in [2.45, 2.75) is 12.7 Å². The third-order valence-electron chi connectivity index (χ3n) is 3.71. The molecule has 0 spiro atoms. The van der Waals surface area contributed by atoms with Gasteiger partial charge in [-0.05, 0) is 41.1 Å². The van der Waals surface area contributed by atoms with E-state index in [1.165, 1.54) is 18.2 Å². The maximum Gasteiger partial charge on any atom is 0.416 e. The molecule has 1 heterocycles. The number of halogens is 4. The normalized spacial score (nSPS) is 16.6. The lowest BCUT2D eigenvalue weighted by Gasteiger charge is -2.13. The first-order chi connectivity index (χ1) is 12.3. The minimum Gasteiger partial charge on any atom is -0.268 e. The molecular formula is C18H11ClF3NO2S. The van der Waals surface area contributed by atoms with Gasteiger partial charge in [-0.15, -0.1) is 0 Å². The van der Waals surface area contributed by atoms with Gasteiger partial charge in [0.1, 0.15) is 0 Å². The van der Waals surface area contributed by atoms with Crippen LogP contribution in [0.4, 0.5) is 18.0 Å². The summed E-state index contributed by atoms with van der Waals surface area (Å²) in [6.45, 7) is -0.0391. The zero-order chi connectivity index (χ0) is 18.9. The lowest BCUT2D eigenvalue weighted by Crippen LogP contribution is -2.27. The van der Waals surface area contributed by atoms with Gasteiger partial charge in [0, 0.05) is 5.02 Å². The molecule has 1 saturated heterocycles. The molecule has 0 N–H and O–H groups in total. The average Bonchev–Trinajstić information content (AvgIpc) is 2.84. The van der Waals surface area contributed by atoms with E-state index in [4.69, 9.17) is 11.6 Å². The second-order valence-corrected chi connectivity index (χ2v) is 6.84. The van der Waals surface area contributed by atoms with Crippen molar-refractivity contribution in [3.63, 3.8) is 0 Å². The minimum atomic E-state index is -4.55. The number of carbonyl (C=O) groups is 2. The van der Waals surface area contributed by atoms with Crippen LogP contribution >= 0.6 is 23.4 Å². The van der Waals surface area contributed by atoms with E-state index in [0.717, 1.165) is 17.0 Å². The number of thioether (sulfide) groups is 1. The molecule has 0 saturated carbocycles. The van der Waals surface area contributed by atoms with E-state index in [0.29, 0.717) is 22.3 Å². The standard InChI is InChI=1S/C18H11ClF3NO2S/c19-14-8-4-2-6-12(14)10-23-16(24)15(26-17(23)25)9-11-5-1-3-7-13(11)18(20,21)22/h1-9H,10H2/b15-9-. The molecule has 0 aromatic heterocycles. The highest BCUT2D eigenvalue weighted by Crippen LogP contribution is 2.37. The number of carbonyl (C=O) groups excluding carboxylic acids is 2. The van der Waals surface area contributed by atoms with Gasteiger partial charge in [-0.3, -0.25) is 14.5 Å². The van der Waals surface area contributed by atoms with E-state index in [-0.39, 0.29) is 17.0 Å². The number of nitrogens with zero attached hydrogens (tertiary/aromatic N) is 1. The summed E-state index contributed by atoms with van der Waals surface area (Å²) in [6.07, 6.45) is -3.46. The first-order valence-electron chi connectivity index (χ1n) is 7.42. The Bertz CT molecular complexity index is 911. The Morgan fingerprint density at radius 1 is 1.04 bits per heavy atom. The van der Waals surface area contributed by atoms with E-state index in [1.54, 1.807) is 24.3 Å². The SMILES string of the molecule is O=C1S/C(=C\c2ccccc2C(F)(F)F)C(=O)N1Cc1ccccc1Cl. The summed E-state index contributed by atoms with van der Waals surface area (Å²) < 4.78 is 39.3. The van der Waals surface area contributed by atoms with Crippen LogP contribution in [0.1, 0.15) is 16.7 Å². The minimum absolute atomic E-state index is 0.0391. The second-order valence-electron chi connectivity index (χ2n) is 5.44. The molecule has 2 aromatic carbocycles. The Hall–Kier alpha value is -2.25. The maximum absolute atomic E-state index is 13.1. The number of amides is 2. The molecule has 0 radical (unpaired) electrons. The predicted octanol–water partition coefficient (Wildman–Crippen LogP) is 5.60. The van der Waals surface area contributed by atoms with Crippen molar-refractivity contribution < 1.29 is 22.8 Å².